The summed E-state index contributed by atoms with van der Waals surface area (Å²) in [6, 6.07) is 27.0. The lowest BCUT2D eigenvalue weighted by atomic mass is 9.96. The summed E-state index contributed by atoms with van der Waals surface area (Å²) in [5.41, 5.74) is 7.43. The van der Waals surface area contributed by atoms with Crippen molar-refractivity contribution in [3.8, 4) is 17.1 Å². The summed E-state index contributed by atoms with van der Waals surface area (Å²) in [6.07, 6.45) is 1.71. The maximum absolute atomic E-state index is 14.0. The Kier molecular flexibility index (Phi) is 8.28. The van der Waals surface area contributed by atoms with Crippen LogP contribution in [-0.2, 0) is 11.3 Å². The van der Waals surface area contributed by atoms with E-state index in [1.165, 1.54) is 4.68 Å². The Morgan fingerprint density at radius 2 is 1.63 bits per heavy atom. The number of carbonyl (C=O) groups is 1. The van der Waals surface area contributed by atoms with Gasteiger partial charge < -0.3 is 14.6 Å². The highest BCUT2D eigenvalue weighted by Gasteiger charge is 2.20. The summed E-state index contributed by atoms with van der Waals surface area (Å²) in [6.45, 7) is 10.3. The summed E-state index contributed by atoms with van der Waals surface area (Å²) in [4.78, 5) is 32.2. The highest BCUT2D eigenvalue weighted by atomic mass is 16.5. The van der Waals surface area contributed by atoms with Crippen molar-refractivity contribution in [3.63, 3.8) is 0 Å². The van der Waals surface area contributed by atoms with E-state index < -0.39 is 0 Å². The fourth-order valence-corrected chi connectivity index (χ4v) is 5.96. The number of para-hydroxylation sites is 3. The Labute approximate surface area is 268 Å². The quantitative estimate of drug-likeness (QED) is 0.180. The molecule has 0 aliphatic heterocycles. The van der Waals surface area contributed by atoms with Crippen molar-refractivity contribution in [2.75, 3.05) is 12.4 Å². The molecule has 8 heteroatoms. The Balaban J connectivity index is 1.48. The lowest BCUT2D eigenvalue weighted by molar-refractivity contribution is -0.116. The van der Waals surface area contributed by atoms with Crippen molar-refractivity contribution in [3.05, 3.63) is 123 Å². The second-order valence-corrected chi connectivity index (χ2v) is 11.8. The summed E-state index contributed by atoms with van der Waals surface area (Å²) >= 11 is 0. The van der Waals surface area contributed by atoms with Crippen LogP contribution in [0.4, 0.5) is 5.69 Å². The molecule has 0 atom stereocenters. The molecule has 0 saturated carbocycles. The van der Waals surface area contributed by atoms with Gasteiger partial charge in [0.05, 0.1) is 24.2 Å². The van der Waals surface area contributed by atoms with Crippen LogP contribution in [0.3, 0.4) is 0 Å². The van der Waals surface area contributed by atoms with E-state index in [0.29, 0.717) is 16.7 Å². The predicted molar refractivity (Wildman–Crippen MR) is 186 cm³/mol. The van der Waals surface area contributed by atoms with Gasteiger partial charge in [-0.3, -0.25) is 9.59 Å². The predicted octanol–water partition coefficient (Wildman–Crippen LogP) is 7.60. The molecule has 46 heavy (non-hydrogen) atoms. The van der Waals surface area contributed by atoms with Gasteiger partial charge in [0.2, 0.25) is 5.91 Å². The van der Waals surface area contributed by atoms with Gasteiger partial charge in [-0.05, 0) is 79.8 Å². The van der Waals surface area contributed by atoms with Crippen LogP contribution in [-0.4, -0.2) is 33.5 Å². The van der Waals surface area contributed by atoms with Gasteiger partial charge in [-0.25, -0.2) is 4.98 Å². The molecule has 0 aliphatic carbocycles. The van der Waals surface area contributed by atoms with E-state index >= 15 is 0 Å². The molecular formula is C38H37N5O3. The van der Waals surface area contributed by atoms with Crippen molar-refractivity contribution in [1.82, 2.24) is 14.2 Å². The maximum Gasteiger partial charge on any atom is 0.282 e. The van der Waals surface area contributed by atoms with Crippen LogP contribution in [0, 0.1) is 20.8 Å². The van der Waals surface area contributed by atoms with Gasteiger partial charge in [0.15, 0.2) is 5.82 Å². The standard InChI is InChI=1S/C38H37N5O3/c1-23(2)29-20-30(25(4)19-35(29)46-6)37-41-33-17-11-8-15-28(33)38(45)43(37)39-21-31-26(5)42(34-18-12-9-14-27(31)34)22-36(44)40-32-16-10-7-13-24(32)3/h7-21,23H,22H2,1-6H3,(H,40,44). The van der Waals surface area contributed by atoms with Gasteiger partial charge >= 0.3 is 0 Å². The second-order valence-electron chi connectivity index (χ2n) is 11.8. The SMILES string of the molecule is COc1cc(C)c(-c2nc3ccccc3c(=O)n2N=Cc2c(C)n(CC(=O)Nc3ccccc3C)c3ccccc23)cc1C(C)C. The lowest BCUT2D eigenvalue weighted by Gasteiger charge is -2.17. The monoisotopic (exact) mass is 611 g/mol. The molecule has 0 spiro atoms. The van der Waals surface area contributed by atoms with E-state index in [4.69, 9.17) is 14.8 Å². The van der Waals surface area contributed by atoms with Crippen molar-refractivity contribution in [2.45, 2.75) is 47.1 Å². The summed E-state index contributed by atoms with van der Waals surface area (Å²) in [7, 11) is 1.67. The minimum absolute atomic E-state index is 0.125. The largest absolute Gasteiger partial charge is 0.496 e. The number of carbonyl (C=O) groups excluding carboxylic acids is 1. The van der Waals surface area contributed by atoms with E-state index in [1.54, 1.807) is 19.4 Å². The number of rotatable bonds is 8. The first-order valence-electron chi connectivity index (χ1n) is 15.4. The summed E-state index contributed by atoms with van der Waals surface area (Å²) in [5, 5.41) is 9.26. The third-order valence-electron chi connectivity index (χ3n) is 8.50. The lowest BCUT2D eigenvalue weighted by Crippen LogP contribution is -2.21. The number of nitrogens with one attached hydrogen (secondary N) is 1. The molecule has 0 bridgehead atoms. The molecule has 1 N–H and O–H groups in total. The van der Waals surface area contributed by atoms with Gasteiger partial charge in [-0.1, -0.05) is 62.4 Å². The van der Waals surface area contributed by atoms with E-state index in [2.05, 4.69) is 19.2 Å². The Bertz CT molecular complexity index is 2210. The Morgan fingerprint density at radius 1 is 0.935 bits per heavy atom. The van der Waals surface area contributed by atoms with E-state index in [9.17, 15) is 9.59 Å². The third kappa shape index (κ3) is 5.58. The fraction of sp³-hybridized carbons (Fsp3) is 0.211. The van der Waals surface area contributed by atoms with Crippen LogP contribution in [0.1, 0.15) is 47.7 Å². The van der Waals surface area contributed by atoms with Gasteiger partial charge in [0, 0.05) is 33.4 Å². The van der Waals surface area contributed by atoms with E-state index in [-0.39, 0.29) is 23.9 Å². The van der Waals surface area contributed by atoms with Gasteiger partial charge in [0.25, 0.3) is 5.56 Å². The molecule has 6 rings (SSSR count). The number of methoxy groups -OCH3 is 1. The number of benzene rings is 4. The normalized spacial score (nSPS) is 11.6. The molecule has 1 amide bonds. The fourth-order valence-electron chi connectivity index (χ4n) is 5.96. The van der Waals surface area contributed by atoms with Crippen molar-refractivity contribution in [2.24, 2.45) is 5.10 Å². The number of nitrogens with zero attached hydrogens (tertiary/aromatic N) is 4. The first-order valence-corrected chi connectivity index (χ1v) is 15.4. The molecule has 0 radical (unpaired) electrons. The second kappa shape index (κ2) is 12.5. The van der Waals surface area contributed by atoms with E-state index in [0.717, 1.165) is 55.9 Å². The number of hydrogen-bond acceptors (Lipinski definition) is 5. The zero-order valence-electron chi connectivity index (χ0n) is 27.0. The third-order valence-corrected chi connectivity index (χ3v) is 8.50. The van der Waals surface area contributed by atoms with E-state index in [1.807, 2.05) is 104 Å². The zero-order valence-corrected chi connectivity index (χ0v) is 27.0. The van der Waals surface area contributed by atoms with Crippen LogP contribution in [0.5, 0.6) is 5.75 Å². The number of fused-ring (bicyclic) bond motifs is 2. The molecule has 4 aromatic carbocycles. The summed E-state index contributed by atoms with van der Waals surface area (Å²) < 4.78 is 9.05. The topological polar surface area (TPSA) is 90.5 Å². The molecule has 8 nitrogen and oxygen atoms in total. The van der Waals surface area contributed by atoms with Crippen LogP contribution < -0.4 is 15.6 Å². The highest BCUT2D eigenvalue weighted by molar-refractivity contribution is 6.02. The molecule has 0 aliphatic rings. The van der Waals surface area contributed by atoms with Gasteiger partial charge in [0.1, 0.15) is 12.3 Å². The smallest absolute Gasteiger partial charge is 0.282 e. The first kappa shape index (κ1) is 30.5. The molecule has 2 aromatic heterocycles. The van der Waals surface area contributed by atoms with Crippen LogP contribution in [0.15, 0.2) is 94.8 Å². The Hall–Kier alpha value is -5.50. The van der Waals surface area contributed by atoms with Crippen LogP contribution in [0.2, 0.25) is 0 Å². The van der Waals surface area contributed by atoms with Crippen molar-refractivity contribution >= 4 is 39.6 Å². The zero-order chi connectivity index (χ0) is 32.5. The minimum atomic E-state index is -0.267. The minimum Gasteiger partial charge on any atom is -0.496 e. The molecule has 0 saturated heterocycles. The number of aryl methyl sites for hydroxylation is 2. The number of hydrogen-bond donors (Lipinski definition) is 1. The molecule has 0 unspecified atom stereocenters. The maximum atomic E-state index is 14.0. The van der Waals surface area contributed by atoms with Gasteiger partial charge in [-0.15, -0.1) is 0 Å². The average Bonchev–Trinajstić information content (AvgIpc) is 3.31. The van der Waals surface area contributed by atoms with Crippen molar-refractivity contribution in [1.29, 1.82) is 0 Å². The molecule has 2 heterocycles. The molecule has 0 fully saturated rings. The first-order chi connectivity index (χ1) is 22.2. The molecular weight excluding hydrogens is 574 g/mol. The highest BCUT2D eigenvalue weighted by Crippen LogP contribution is 2.34. The molecule has 232 valence electrons. The Morgan fingerprint density at radius 3 is 2.37 bits per heavy atom. The summed E-state index contributed by atoms with van der Waals surface area (Å²) in [5.74, 6) is 1.30. The number of ether oxygens (including phenoxy) is 1. The van der Waals surface area contributed by atoms with Gasteiger partial charge in [-0.2, -0.15) is 9.78 Å². The number of aromatic nitrogens is 3. The molecule has 6 aromatic rings. The number of amides is 1. The van der Waals surface area contributed by atoms with Crippen LogP contribution >= 0.6 is 0 Å². The number of anilines is 1. The van der Waals surface area contributed by atoms with Crippen LogP contribution in [0.25, 0.3) is 33.2 Å². The van der Waals surface area contributed by atoms with Crippen molar-refractivity contribution < 1.29 is 9.53 Å². The average molecular weight is 612 g/mol.